The van der Waals surface area contributed by atoms with Crippen LogP contribution in [-0.2, 0) is 4.79 Å². The van der Waals surface area contributed by atoms with Crippen LogP contribution in [0.1, 0.15) is 5.01 Å². The second-order valence-corrected chi connectivity index (χ2v) is 4.01. The van der Waals surface area contributed by atoms with E-state index in [2.05, 4.69) is 19.9 Å². The van der Waals surface area contributed by atoms with E-state index in [-0.39, 0.29) is 16.7 Å². The number of hydrazone groups is 1. The molecule has 92 valence electrons. The maximum atomic E-state index is 11.3. The lowest BCUT2D eigenvalue weighted by Crippen LogP contribution is -2.25. The number of nitrogens with zero attached hydrogens (tertiary/aromatic N) is 3. The molecule has 1 amide bonds. The minimum absolute atomic E-state index is 0.00643. The van der Waals surface area contributed by atoms with Gasteiger partial charge < -0.3 is 11.5 Å². The van der Waals surface area contributed by atoms with Gasteiger partial charge in [-0.05, 0) is 23.7 Å². The molecular formula is C10H10N6OS. The first-order valence-corrected chi connectivity index (χ1v) is 5.72. The van der Waals surface area contributed by atoms with Gasteiger partial charge in [-0.25, -0.2) is 0 Å². The lowest BCUT2D eigenvalue weighted by Gasteiger charge is -2.01. The molecule has 0 saturated carbocycles. The van der Waals surface area contributed by atoms with Crippen LogP contribution >= 0.6 is 11.5 Å². The van der Waals surface area contributed by atoms with Crippen molar-refractivity contribution in [1.29, 1.82) is 0 Å². The number of carbonyl (C=O) groups is 1. The molecule has 7 nitrogen and oxygen atoms in total. The molecule has 0 aliphatic rings. The number of aromatic nitrogens is 2. The van der Waals surface area contributed by atoms with Crippen LogP contribution in [0.25, 0.3) is 0 Å². The average molecular weight is 262 g/mol. The zero-order valence-corrected chi connectivity index (χ0v) is 10.0. The number of amides is 1. The summed E-state index contributed by atoms with van der Waals surface area (Å²) in [5.74, 6) is -0.613. The number of primary amides is 1. The summed E-state index contributed by atoms with van der Waals surface area (Å²) in [6, 6.07) is 9.15. The molecule has 0 radical (unpaired) electrons. The number of nitrogens with one attached hydrogen (secondary N) is 1. The number of hydrogen-bond donors (Lipinski definition) is 3. The predicted molar refractivity (Wildman–Crippen MR) is 70.1 cm³/mol. The summed E-state index contributed by atoms with van der Waals surface area (Å²) in [4.78, 5) is 15.1. The summed E-state index contributed by atoms with van der Waals surface area (Å²) >= 11 is 0.963. The van der Waals surface area contributed by atoms with Crippen LogP contribution in [-0.4, -0.2) is 21.0 Å². The molecule has 1 aromatic carbocycles. The topological polar surface area (TPSA) is 119 Å². The highest BCUT2D eigenvalue weighted by atomic mass is 32.1. The Bertz CT molecular complexity index is 579. The third-order valence-electron chi connectivity index (χ3n) is 1.95. The van der Waals surface area contributed by atoms with Gasteiger partial charge in [-0.15, -0.1) is 0 Å². The van der Waals surface area contributed by atoms with Gasteiger partial charge in [0.1, 0.15) is 0 Å². The molecule has 0 saturated heterocycles. The molecule has 2 rings (SSSR count). The molecule has 0 bridgehead atoms. The number of nitrogen functional groups attached to an aromatic ring is 1. The fourth-order valence-corrected chi connectivity index (χ4v) is 1.76. The van der Waals surface area contributed by atoms with E-state index < -0.39 is 5.91 Å². The number of nitrogens with two attached hydrogens (primary N) is 2. The Kier molecular flexibility index (Phi) is 3.49. The number of carbonyl (C=O) groups excluding carboxylic acids is 1. The van der Waals surface area contributed by atoms with Gasteiger partial charge in [0, 0.05) is 0 Å². The average Bonchev–Trinajstić information content (AvgIpc) is 2.77. The summed E-state index contributed by atoms with van der Waals surface area (Å²) in [6.07, 6.45) is 0. The second kappa shape index (κ2) is 5.23. The third-order valence-corrected chi connectivity index (χ3v) is 2.68. The molecule has 0 aliphatic carbocycles. The van der Waals surface area contributed by atoms with Crippen molar-refractivity contribution in [3.63, 3.8) is 0 Å². The van der Waals surface area contributed by atoms with Crippen molar-refractivity contribution >= 4 is 34.8 Å². The second-order valence-electron chi connectivity index (χ2n) is 3.26. The van der Waals surface area contributed by atoms with Crippen molar-refractivity contribution in [2.24, 2.45) is 10.8 Å². The normalized spacial score (nSPS) is 11.2. The van der Waals surface area contributed by atoms with Crippen LogP contribution in [0, 0.1) is 0 Å². The van der Waals surface area contributed by atoms with Gasteiger partial charge >= 0.3 is 0 Å². The summed E-state index contributed by atoms with van der Waals surface area (Å²) in [6.45, 7) is 0. The fraction of sp³-hybridized carbons (Fsp3) is 0. The molecule has 0 atom stereocenters. The Morgan fingerprint density at radius 2 is 2.06 bits per heavy atom. The Hall–Kier alpha value is -2.48. The highest BCUT2D eigenvalue weighted by Gasteiger charge is 2.15. The zero-order valence-electron chi connectivity index (χ0n) is 9.20. The molecule has 1 aromatic heterocycles. The monoisotopic (exact) mass is 262 g/mol. The van der Waals surface area contributed by atoms with Crippen molar-refractivity contribution in [2.45, 2.75) is 0 Å². The van der Waals surface area contributed by atoms with Gasteiger partial charge in [-0.3, -0.25) is 10.2 Å². The molecule has 1 heterocycles. The van der Waals surface area contributed by atoms with Gasteiger partial charge in [-0.1, -0.05) is 18.2 Å². The van der Waals surface area contributed by atoms with Crippen molar-refractivity contribution in [2.75, 3.05) is 11.2 Å². The van der Waals surface area contributed by atoms with E-state index in [1.165, 1.54) is 0 Å². The lowest BCUT2D eigenvalue weighted by atomic mass is 10.3. The summed E-state index contributed by atoms with van der Waals surface area (Å²) in [5, 5.41) is 4.20. The first-order valence-electron chi connectivity index (χ1n) is 4.95. The van der Waals surface area contributed by atoms with Crippen molar-refractivity contribution in [1.82, 2.24) is 9.36 Å². The van der Waals surface area contributed by atoms with E-state index in [9.17, 15) is 4.79 Å². The minimum Gasteiger partial charge on any atom is -0.367 e. The van der Waals surface area contributed by atoms with E-state index in [4.69, 9.17) is 11.5 Å². The Morgan fingerprint density at radius 1 is 1.33 bits per heavy atom. The molecule has 0 unspecified atom stereocenters. The lowest BCUT2D eigenvalue weighted by molar-refractivity contribution is -0.111. The van der Waals surface area contributed by atoms with E-state index >= 15 is 0 Å². The number of benzene rings is 1. The molecule has 0 aliphatic heterocycles. The molecule has 5 N–H and O–H groups in total. The Labute approximate surface area is 107 Å². The maximum absolute atomic E-state index is 11.3. The van der Waals surface area contributed by atoms with Crippen molar-refractivity contribution in [3.8, 4) is 0 Å². The molecule has 0 spiro atoms. The Morgan fingerprint density at radius 3 is 2.61 bits per heavy atom. The van der Waals surface area contributed by atoms with Gasteiger partial charge in [-0.2, -0.15) is 14.5 Å². The van der Waals surface area contributed by atoms with Gasteiger partial charge in [0.05, 0.1) is 5.69 Å². The third kappa shape index (κ3) is 2.80. The van der Waals surface area contributed by atoms with E-state index in [0.29, 0.717) is 0 Å². The quantitative estimate of drug-likeness (QED) is 0.545. The van der Waals surface area contributed by atoms with Crippen molar-refractivity contribution < 1.29 is 4.79 Å². The van der Waals surface area contributed by atoms with Crippen LogP contribution in [0.5, 0.6) is 0 Å². The van der Waals surface area contributed by atoms with Gasteiger partial charge in [0.2, 0.25) is 5.95 Å². The highest BCUT2D eigenvalue weighted by Crippen LogP contribution is 2.09. The van der Waals surface area contributed by atoms with E-state index in [0.717, 1.165) is 17.2 Å². The van der Waals surface area contributed by atoms with Crippen LogP contribution in [0.15, 0.2) is 35.4 Å². The summed E-state index contributed by atoms with van der Waals surface area (Å²) < 4.78 is 3.77. The Balaban J connectivity index is 2.23. The van der Waals surface area contributed by atoms with Gasteiger partial charge in [0.15, 0.2) is 10.7 Å². The first-order chi connectivity index (χ1) is 8.66. The largest absolute Gasteiger partial charge is 0.367 e. The van der Waals surface area contributed by atoms with Gasteiger partial charge in [0.25, 0.3) is 5.91 Å². The fourth-order valence-electron chi connectivity index (χ4n) is 1.17. The number of hydrogen-bond acceptors (Lipinski definition) is 7. The first kappa shape index (κ1) is 12.0. The summed E-state index contributed by atoms with van der Waals surface area (Å²) in [5.41, 5.74) is 14.1. The number of anilines is 2. The zero-order chi connectivity index (χ0) is 13.0. The molecule has 8 heteroatoms. The standard InChI is InChI=1S/C10H10N6OS/c11-8(17)7(9-13-10(12)16-18-9)15-14-6-4-2-1-3-5-6/h1-5,14H,(H2,11,17)(H2,12,16)/b15-7+. The predicted octanol–water partition coefficient (Wildman–Crippen LogP) is 0.422. The van der Waals surface area contributed by atoms with Crippen LogP contribution < -0.4 is 16.9 Å². The highest BCUT2D eigenvalue weighted by molar-refractivity contribution is 7.09. The van der Waals surface area contributed by atoms with Crippen LogP contribution in [0.2, 0.25) is 0 Å². The molecular weight excluding hydrogens is 252 g/mol. The minimum atomic E-state index is -0.699. The smallest absolute Gasteiger partial charge is 0.272 e. The maximum Gasteiger partial charge on any atom is 0.272 e. The number of rotatable bonds is 4. The molecule has 0 fully saturated rings. The van der Waals surface area contributed by atoms with E-state index in [1.807, 2.05) is 18.2 Å². The van der Waals surface area contributed by atoms with E-state index in [1.54, 1.807) is 12.1 Å². The van der Waals surface area contributed by atoms with Crippen LogP contribution in [0.4, 0.5) is 11.6 Å². The van der Waals surface area contributed by atoms with Crippen molar-refractivity contribution in [3.05, 3.63) is 35.3 Å². The molecule has 2 aromatic rings. The molecule has 18 heavy (non-hydrogen) atoms. The SMILES string of the molecule is NC(=O)/C(=N\Nc1ccccc1)c1nc(N)ns1. The number of para-hydroxylation sites is 1. The van der Waals surface area contributed by atoms with Crippen LogP contribution in [0.3, 0.4) is 0 Å². The summed E-state index contributed by atoms with van der Waals surface area (Å²) in [7, 11) is 0.